The van der Waals surface area contributed by atoms with Gasteiger partial charge in [-0.15, -0.1) is 0 Å². The number of nitrogens with zero attached hydrogens (tertiary/aromatic N) is 2. The minimum atomic E-state index is -0.167. The van der Waals surface area contributed by atoms with Crippen molar-refractivity contribution >= 4 is 11.7 Å². The number of aromatic nitrogens is 2. The Bertz CT molecular complexity index is 889. The van der Waals surface area contributed by atoms with Crippen molar-refractivity contribution in [1.82, 2.24) is 15.1 Å². The molecule has 1 aliphatic rings. The van der Waals surface area contributed by atoms with Crippen LogP contribution in [0, 0.1) is 0 Å². The van der Waals surface area contributed by atoms with E-state index in [1.807, 2.05) is 47.3 Å². The summed E-state index contributed by atoms with van der Waals surface area (Å²) >= 11 is 0. The molecule has 1 heterocycles. The van der Waals surface area contributed by atoms with Crippen molar-refractivity contribution in [1.29, 1.82) is 0 Å². The van der Waals surface area contributed by atoms with Gasteiger partial charge in [0.05, 0.1) is 12.6 Å². The first-order valence-electron chi connectivity index (χ1n) is 9.00. The monoisotopic (exact) mass is 346 g/mol. The van der Waals surface area contributed by atoms with Crippen LogP contribution in [-0.2, 0) is 13.0 Å². The summed E-state index contributed by atoms with van der Waals surface area (Å²) in [6.07, 6.45) is 6.82. The average Bonchev–Trinajstić information content (AvgIpc) is 3.17. The lowest BCUT2D eigenvalue weighted by atomic mass is 9.88. The number of anilines is 1. The van der Waals surface area contributed by atoms with Gasteiger partial charge in [-0.3, -0.25) is 4.68 Å². The molecule has 132 valence electrons. The predicted molar refractivity (Wildman–Crippen MR) is 102 cm³/mol. The number of hydrogen-bond acceptors (Lipinski definition) is 2. The Labute approximate surface area is 153 Å². The third-order valence-electron chi connectivity index (χ3n) is 4.83. The number of carbonyl (C=O) groups is 1. The van der Waals surface area contributed by atoms with Crippen LogP contribution in [0.25, 0.3) is 0 Å². The van der Waals surface area contributed by atoms with E-state index in [1.54, 1.807) is 6.20 Å². The van der Waals surface area contributed by atoms with E-state index in [0.29, 0.717) is 6.54 Å². The van der Waals surface area contributed by atoms with Crippen molar-refractivity contribution < 1.29 is 4.79 Å². The summed E-state index contributed by atoms with van der Waals surface area (Å²) in [5, 5.41) is 10.4. The number of rotatable bonds is 4. The molecule has 1 aromatic heterocycles. The largest absolute Gasteiger partial charge is 0.331 e. The Hall–Kier alpha value is -3.08. The molecular formula is C21H22N4O. The van der Waals surface area contributed by atoms with Crippen LogP contribution < -0.4 is 10.6 Å². The topological polar surface area (TPSA) is 59.0 Å². The summed E-state index contributed by atoms with van der Waals surface area (Å²) in [4.78, 5) is 12.6. The summed E-state index contributed by atoms with van der Waals surface area (Å²) in [7, 11) is 0. The van der Waals surface area contributed by atoms with Crippen molar-refractivity contribution in [2.24, 2.45) is 0 Å². The maximum absolute atomic E-state index is 12.6. The van der Waals surface area contributed by atoms with Gasteiger partial charge in [-0.05, 0) is 48.1 Å². The Kier molecular flexibility index (Phi) is 4.69. The van der Waals surface area contributed by atoms with Crippen molar-refractivity contribution in [3.05, 3.63) is 83.7 Å². The molecule has 5 heteroatoms. The first kappa shape index (κ1) is 16.4. The SMILES string of the molecule is O=C(Nc1ccccc1Cn1cccn1)N[C@H]1CCCc2ccccc21. The quantitative estimate of drug-likeness (QED) is 0.746. The van der Waals surface area contributed by atoms with Crippen LogP contribution in [0.2, 0.25) is 0 Å². The van der Waals surface area contributed by atoms with Gasteiger partial charge in [0.2, 0.25) is 0 Å². The van der Waals surface area contributed by atoms with Crippen LogP contribution in [0.4, 0.5) is 10.5 Å². The second-order valence-corrected chi connectivity index (χ2v) is 6.60. The molecule has 0 bridgehead atoms. The summed E-state index contributed by atoms with van der Waals surface area (Å²) in [5.74, 6) is 0. The Balaban J connectivity index is 1.46. The fourth-order valence-corrected chi connectivity index (χ4v) is 3.57. The number of nitrogens with one attached hydrogen (secondary N) is 2. The highest BCUT2D eigenvalue weighted by molar-refractivity contribution is 5.90. The number of carbonyl (C=O) groups excluding carboxylic acids is 1. The third kappa shape index (κ3) is 3.61. The van der Waals surface area contributed by atoms with Crippen LogP contribution >= 0.6 is 0 Å². The molecule has 0 saturated carbocycles. The van der Waals surface area contributed by atoms with E-state index in [4.69, 9.17) is 0 Å². The van der Waals surface area contributed by atoms with Crippen molar-refractivity contribution in [2.45, 2.75) is 31.8 Å². The summed E-state index contributed by atoms with van der Waals surface area (Å²) in [6.45, 7) is 0.621. The number of fused-ring (bicyclic) bond motifs is 1. The van der Waals surface area contributed by atoms with Crippen molar-refractivity contribution in [2.75, 3.05) is 5.32 Å². The zero-order valence-electron chi connectivity index (χ0n) is 14.6. The molecule has 4 rings (SSSR count). The molecule has 26 heavy (non-hydrogen) atoms. The maximum atomic E-state index is 12.6. The summed E-state index contributed by atoms with van der Waals surface area (Å²) in [6, 6.07) is 18.0. The van der Waals surface area contributed by atoms with Crippen molar-refractivity contribution in [3.63, 3.8) is 0 Å². The number of para-hydroxylation sites is 1. The number of urea groups is 1. The van der Waals surface area contributed by atoms with Gasteiger partial charge in [0, 0.05) is 18.1 Å². The third-order valence-corrected chi connectivity index (χ3v) is 4.83. The molecule has 3 aromatic rings. The zero-order chi connectivity index (χ0) is 17.8. The molecule has 1 atom stereocenters. The molecule has 0 saturated heterocycles. The molecule has 2 amide bonds. The highest BCUT2D eigenvalue weighted by Gasteiger charge is 2.21. The molecular weight excluding hydrogens is 324 g/mol. The lowest BCUT2D eigenvalue weighted by Gasteiger charge is -2.26. The van der Waals surface area contributed by atoms with E-state index >= 15 is 0 Å². The van der Waals surface area contributed by atoms with Crippen LogP contribution in [0.5, 0.6) is 0 Å². The highest BCUT2D eigenvalue weighted by atomic mass is 16.2. The van der Waals surface area contributed by atoms with Gasteiger partial charge < -0.3 is 10.6 Å². The second kappa shape index (κ2) is 7.44. The van der Waals surface area contributed by atoms with Gasteiger partial charge in [-0.2, -0.15) is 5.10 Å². The fourth-order valence-electron chi connectivity index (χ4n) is 3.57. The van der Waals surface area contributed by atoms with E-state index in [2.05, 4.69) is 33.9 Å². The summed E-state index contributed by atoms with van der Waals surface area (Å²) in [5.41, 5.74) is 4.40. The molecule has 0 spiro atoms. The molecule has 0 unspecified atom stereocenters. The van der Waals surface area contributed by atoms with E-state index in [0.717, 1.165) is 30.5 Å². The normalized spacial score (nSPS) is 15.9. The first-order valence-corrected chi connectivity index (χ1v) is 9.00. The number of hydrogen-bond donors (Lipinski definition) is 2. The van der Waals surface area contributed by atoms with Gasteiger partial charge in [0.15, 0.2) is 0 Å². The van der Waals surface area contributed by atoms with Gasteiger partial charge in [0.1, 0.15) is 0 Å². The van der Waals surface area contributed by atoms with Crippen molar-refractivity contribution in [3.8, 4) is 0 Å². The van der Waals surface area contributed by atoms with E-state index in [1.165, 1.54) is 11.1 Å². The molecule has 2 N–H and O–H groups in total. The zero-order valence-corrected chi connectivity index (χ0v) is 14.6. The molecule has 2 aromatic carbocycles. The lowest BCUT2D eigenvalue weighted by molar-refractivity contribution is 0.247. The summed E-state index contributed by atoms with van der Waals surface area (Å²) < 4.78 is 1.84. The van der Waals surface area contributed by atoms with Gasteiger partial charge >= 0.3 is 6.03 Å². The maximum Gasteiger partial charge on any atom is 0.319 e. The molecule has 0 aliphatic heterocycles. The van der Waals surface area contributed by atoms with E-state index in [-0.39, 0.29) is 12.1 Å². The minimum absolute atomic E-state index is 0.0678. The second-order valence-electron chi connectivity index (χ2n) is 6.60. The predicted octanol–water partition coefficient (Wildman–Crippen LogP) is 4.13. The van der Waals surface area contributed by atoms with E-state index < -0.39 is 0 Å². The Morgan fingerprint density at radius 2 is 1.96 bits per heavy atom. The number of amides is 2. The fraction of sp³-hybridized carbons (Fsp3) is 0.238. The van der Waals surface area contributed by atoms with Crippen LogP contribution in [0.3, 0.4) is 0 Å². The smallest absolute Gasteiger partial charge is 0.319 e. The molecule has 5 nitrogen and oxygen atoms in total. The van der Waals surface area contributed by atoms with Gasteiger partial charge in [-0.1, -0.05) is 42.5 Å². The minimum Gasteiger partial charge on any atom is -0.331 e. The van der Waals surface area contributed by atoms with Gasteiger partial charge in [0.25, 0.3) is 0 Å². The Morgan fingerprint density at radius 1 is 1.12 bits per heavy atom. The number of aryl methyl sites for hydroxylation is 1. The average molecular weight is 346 g/mol. The molecule has 0 radical (unpaired) electrons. The van der Waals surface area contributed by atoms with Crippen LogP contribution in [0.1, 0.15) is 35.6 Å². The Morgan fingerprint density at radius 3 is 2.85 bits per heavy atom. The first-order chi connectivity index (χ1) is 12.8. The van der Waals surface area contributed by atoms with Crippen LogP contribution in [-0.4, -0.2) is 15.8 Å². The van der Waals surface area contributed by atoms with Crippen LogP contribution in [0.15, 0.2) is 67.0 Å². The van der Waals surface area contributed by atoms with E-state index in [9.17, 15) is 4.79 Å². The highest BCUT2D eigenvalue weighted by Crippen LogP contribution is 2.29. The lowest BCUT2D eigenvalue weighted by Crippen LogP contribution is -2.34. The van der Waals surface area contributed by atoms with Gasteiger partial charge in [-0.25, -0.2) is 4.79 Å². The number of benzene rings is 2. The molecule has 0 fully saturated rings. The molecule has 1 aliphatic carbocycles. The standard InChI is InChI=1S/C21H22N4O/c26-21(24-20-12-5-9-16-7-1-3-10-18(16)20)23-19-11-4-2-8-17(19)15-25-14-6-13-22-25/h1-4,6-8,10-11,13-14,20H,5,9,12,15H2,(H2,23,24,26)/t20-/m0/s1.